The van der Waals surface area contributed by atoms with Gasteiger partial charge in [0.15, 0.2) is 0 Å². The van der Waals surface area contributed by atoms with E-state index in [0.29, 0.717) is 5.92 Å². The Balaban J connectivity index is 2.05. The van der Waals surface area contributed by atoms with Crippen LogP contribution < -0.4 is 10.2 Å². The fraction of sp³-hybridized carbons (Fsp3) is 0.333. The largest absolute Gasteiger partial charge is 0.381 e. The van der Waals surface area contributed by atoms with Crippen molar-refractivity contribution >= 4 is 11.4 Å². The third-order valence-corrected chi connectivity index (χ3v) is 3.52. The molecule has 0 radical (unpaired) electrons. The molecule has 0 heterocycles. The lowest BCUT2D eigenvalue weighted by atomic mass is 10.0. The molecule has 0 bridgehead atoms. The van der Waals surface area contributed by atoms with E-state index in [9.17, 15) is 0 Å². The second-order valence-electron chi connectivity index (χ2n) is 5.66. The molecule has 2 rings (SSSR count). The number of rotatable bonds is 5. The minimum absolute atomic E-state index is 0.537. The highest BCUT2D eigenvalue weighted by Gasteiger charge is 2.05. The Morgan fingerprint density at radius 2 is 1.60 bits per heavy atom. The summed E-state index contributed by atoms with van der Waals surface area (Å²) in [6, 6.07) is 17.2. The van der Waals surface area contributed by atoms with Crippen molar-refractivity contribution in [1.29, 1.82) is 0 Å². The maximum atomic E-state index is 3.55. The van der Waals surface area contributed by atoms with Gasteiger partial charge >= 0.3 is 0 Å². The first-order chi connectivity index (χ1) is 9.58. The summed E-state index contributed by atoms with van der Waals surface area (Å²) in [5.41, 5.74) is 5.14. The van der Waals surface area contributed by atoms with Crippen molar-refractivity contribution in [2.45, 2.75) is 26.3 Å². The van der Waals surface area contributed by atoms with Crippen LogP contribution in [0.15, 0.2) is 48.5 Å². The van der Waals surface area contributed by atoms with Crippen LogP contribution in [-0.4, -0.2) is 14.1 Å². The van der Waals surface area contributed by atoms with Gasteiger partial charge in [-0.2, -0.15) is 0 Å². The first-order valence-electron chi connectivity index (χ1n) is 7.17. The Kier molecular flexibility index (Phi) is 4.67. The molecule has 106 valence electrons. The molecule has 0 spiro atoms. The van der Waals surface area contributed by atoms with Gasteiger partial charge in [-0.05, 0) is 35.2 Å². The summed E-state index contributed by atoms with van der Waals surface area (Å²) < 4.78 is 0. The van der Waals surface area contributed by atoms with Crippen LogP contribution in [-0.2, 0) is 6.54 Å². The number of hydrogen-bond donors (Lipinski definition) is 1. The minimum Gasteiger partial charge on any atom is -0.381 e. The summed E-state index contributed by atoms with van der Waals surface area (Å²) in [5, 5.41) is 3.55. The Hall–Kier alpha value is -1.96. The first kappa shape index (κ1) is 14.4. The van der Waals surface area contributed by atoms with Gasteiger partial charge in [0.05, 0.1) is 0 Å². The van der Waals surface area contributed by atoms with E-state index < -0.39 is 0 Å². The molecular formula is C18H24N2. The summed E-state index contributed by atoms with van der Waals surface area (Å²) in [7, 11) is 4.12. The molecule has 0 atom stereocenters. The highest BCUT2D eigenvalue weighted by atomic mass is 15.1. The van der Waals surface area contributed by atoms with E-state index in [1.807, 2.05) is 0 Å². The van der Waals surface area contributed by atoms with E-state index in [-0.39, 0.29) is 0 Å². The zero-order chi connectivity index (χ0) is 14.5. The summed E-state index contributed by atoms with van der Waals surface area (Å²) in [5.74, 6) is 0.537. The molecule has 0 fully saturated rings. The molecule has 2 aromatic carbocycles. The summed E-state index contributed by atoms with van der Waals surface area (Å²) in [6.07, 6.45) is 0. The summed E-state index contributed by atoms with van der Waals surface area (Å²) in [4.78, 5) is 2.12. The maximum absolute atomic E-state index is 3.55. The molecular weight excluding hydrogens is 244 g/mol. The number of benzene rings is 2. The molecule has 0 aliphatic carbocycles. The molecule has 0 unspecified atom stereocenters. The third kappa shape index (κ3) is 3.53. The van der Waals surface area contributed by atoms with Crippen LogP contribution >= 0.6 is 0 Å². The predicted molar refractivity (Wildman–Crippen MR) is 88.6 cm³/mol. The molecule has 0 aliphatic heterocycles. The van der Waals surface area contributed by atoms with E-state index in [4.69, 9.17) is 0 Å². The van der Waals surface area contributed by atoms with E-state index in [1.165, 1.54) is 22.5 Å². The van der Waals surface area contributed by atoms with Gasteiger partial charge in [0.1, 0.15) is 0 Å². The van der Waals surface area contributed by atoms with Crippen molar-refractivity contribution in [3.63, 3.8) is 0 Å². The Morgan fingerprint density at radius 3 is 2.20 bits per heavy atom. The zero-order valence-electron chi connectivity index (χ0n) is 12.9. The quantitative estimate of drug-likeness (QED) is 0.859. The summed E-state index contributed by atoms with van der Waals surface area (Å²) in [6.45, 7) is 5.32. The number of nitrogens with one attached hydrogen (secondary N) is 1. The molecule has 0 amide bonds. The standard InChI is InChI=1S/C18H24N2/c1-14(2)17-7-5-6-8-18(17)19-13-15-9-11-16(12-10-15)20(3)4/h5-12,14,19H,13H2,1-4H3. The topological polar surface area (TPSA) is 15.3 Å². The lowest BCUT2D eigenvalue weighted by Crippen LogP contribution is -2.08. The zero-order valence-corrected chi connectivity index (χ0v) is 12.9. The summed E-state index contributed by atoms with van der Waals surface area (Å²) >= 11 is 0. The lowest BCUT2D eigenvalue weighted by Gasteiger charge is -2.16. The second-order valence-corrected chi connectivity index (χ2v) is 5.66. The molecule has 2 nitrogen and oxygen atoms in total. The van der Waals surface area contributed by atoms with Crippen molar-refractivity contribution in [3.8, 4) is 0 Å². The van der Waals surface area contributed by atoms with Crippen LogP contribution in [0.2, 0.25) is 0 Å². The first-order valence-corrected chi connectivity index (χ1v) is 7.17. The Morgan fingerprint density at radius 1 is 0.950 bits per heavy atom. The SMILES string of the molecule is CC(C)c1ccccc1NCc1ccc(N(C)C)cc1. The van der Waals surface area contributed by atoms with Gasteiger partial charge in [-0.25, -0.2) is 0 Å². The highest BCUT2D eigenvalue weighted by molar-refractivity contribution is 5.53. The van der Waals surface area contributed by atoms with E-state index >= 15 is 0 Å². The van der Waals surface area contributed by atoms with Crippen molar-refractivity contribution in [2.75, 3.05) is 24.3 Å². The van der Waals surface area contributed by atoms with Crippen molar-refractivity contribution in [3.05, 3.63) is 59.7 Å². The molecule has 2 aromatic rings. The minimum atomic E-state index is 0.537. The number of nitrogens with zero attached hydrogens (tertiary/aromatic N) is 1. The van der Waals surface area contributed by atoms with Gasteiger partial charge in [-0.15, -0.1) is 0 Å². The molecule has 2 heteroatoms. The number of hydrogen-bond acceptors (Lipinski definition) is 2. The van der Waals surface area contributed by atoms with E-state index in [1.54, 1.807) is 0 Å². The highest BCUT2D eigenvalue weighted by Crippen LogP contribution is 2.24. The number of para-hydroxylation sites is 1. The van der Waals surface area contributed by atoms with Gasteiger partial charge in [0, 0.05) is 32.0 Å². The predicted octanol–water partition coefficient (Wildman–Crippen LogP) is 4.49. The molecule has 20 heavy (non-hydrogen) atoms. The van der Waals surface area contributed by atoms with E-state index in [2.05, 4.69) is 86.7 Å². The lowest BCUT2D eigenvalue weighted by molar-refractivity contribution is 0.865. The number of anilines is 2. The van der Waals surface area contributed by atoms with Gasteiger partial charge < -0.3 is 10.2 Å². The van der Waals surface area contributed by atoms with Crippen LogP contribution in [0.25, 0.3) is 0 Å². The fourth-order valence-electron chi connectivity index (χ4n) is 2.27. The van der Waals surface area contributed by atoms with Crippen molar-refractivity contribution in [2.24, 2.45) is 0 Å². The third-order valence-electron chi connectivity index (χ3n) is 3.52. The monoisotopic (exact) mass is 268 g/mol. The average Bonchev–Trinajstić information content (AvgIpc) is 2.45. The van der Waals surface area contributed by atoms with Gasteiger partial charge in [-0.1, -0.05) is 44.2 Å². The molecule has 1 N–H and O–H groups in total. The van der Waals surface area contributed by atoms with Crippen LogP contribution in [0.4, 0.5) is 11.4 Å². The molecule has 0 aromatic heterocycles. The second kappa shape index (κ2) is 6.47. The fourth-order valence-corrected chi connectivity index (χ4v) is 2.27. The van der Waals surface area contributed by atoms with E-state index in [0.717, 1.165) is 6.54 Å². The maximum Gasteiger partial charge on any atom is 0.0400 e. The smallest absolute Gasteiger partial charge is 0.0400 e. The average molecular weight is 268 g/mol. The Bertz CT molecular complexity index is 542. The van der Waals surface area contributed by atoms with Gasteiger partial charge in [-0.3, -0.25) is 0 Å². The van der Waals surface area contributed by atoms with Crippen molar-refractivity contribution < 1.29 is 0 Å². The Labute approximate surface area is 122 Å². The molecule has 0 aliphatic rings. The van der Waals surface area contributed by atoms with Crippen LogP contribution in [0, 0.1) is 0 Å². The van der Waals surface area contributed by atoms with Crippen LogP contribution in [0.5, 0.6) is 0 Å². The van der Waals surface area contributed by atoms with Gasteiger partial charge in [0.25, 0.3) is 0 Å². The van der Waals surface area contributed by atoms with Gasteiger partial charge in [0.2, 0.25) is 0 Å². The van der Waals surface area contributed by atoms with Crippen molar-refractivity contribution in [1.82, 2.24) is 0 Å². The van der Waals surface area contributed by atoms with Crippen LogP contribution in [0.3, 0.4) is 0 Å². The normalized spacial score (nSPS) is 10.7. The molecule has 0 saturated heterocycles. The molecule has 0 saturated carbocycles. The van der Waals surface area contributed by atoms with Crippen LogP contribution in [0.1, 0.15) is 30.9 Å².